The van der Waals surface area contributed by atoms with Gasteiger partial charge in [-0.15, -0.1) is 11.8 Å². The highest BCUT2D eigenvalue weighted by atomic mass is 32.2. The third kappa shape index (κ3) is 3.69. The van der Waals surface area contributed by atoms with Crippen molar-refractivity contribution < 1.29 is 4.79 Å². The highest BCUT2D eigenvalue weighted by molar-refractivity contribution is 7.98. The summed E-state index contributed by atoms with van der Waals surface area (Å²) in [6.07, 6.45) is 1.97. The van der Waals surface area contributed by atoms with E-state index in [0.29, 0.717) is 11.1 Å². The van der Waals surface area contributed by atoms with Crippen LogP contribution in [0.3, 0.4) is 0 Å². The summed E-state index contributed by atoms with van der Waals surface area (Å²) in [6.45, 7) is 0. The van der Waals surface area contributed by atoms with Gasteiger partial charge in [0.2, 0.25) is 0 Å². The highest BCUT2D eigenvalue weighted by Gasteiger charge is 2.11. The summed E-state index contributed by atoms with van der Waals surface area (Å²) in [5.41, 5.74) is 2.12. The maximum absolute atomic E-state index is 12.2. The van der Waals surface area contributed by atoms with Gasteiger partial charge in [0, 0.05) is 23.4 Å². The first kappa shape index (κ1) is 15.7. The number of anilines is 1. The third-order valence-corrected chi connectivity index (χ3v) is 3.86. The van der Waals surface area contributed by atoms with E-state index in [9.17, 15) is 4.79 Å². The molecule has 1 amide bonds. The van der Waals surface area contributed by atoms with Gasteiger partial charge in [-0.25, -0.2) is 0 Å². The van der Waals surface area contributed by atoms with Crippen LogP contribution in [0.4, 0.5) is 5.69 Å². The molecular formula is C18H14N2OS. The van der Waals surface area contributed by atoms with Crippen LogP contribution in [0.5, 0.6) is 0 Å². The van der Waals surface area contributed by atoms with Crippen LogP contribution < -0.4 is 4.90 Å². The average molecular weight is 306 g/mol. The molecule has 0 aromatic heterocycles. The number of carbonyl (C=O) groups is 1. The largest absolute Gasteiger partial charge is 0.304 e. The van der Waals surface area contributed by atoms with E-state index < -0.39 is 0 Å². The van der Waals surface area contributed by atoms with E-state index in [0.717, 1.165) is 10.6 Å². The number of hydrogen-bond donors (Lipinski definition) is 0. The van der Waals surface area contributed by atoms with Gasteiger partial charge in [-0.2, -0.15) is 5.26 Å². The van der Waals surface area contributed by atoms with Crippen LogP contribution in [0.1, 0.15) is 11.1 Å². The summed E-state index contributed by atoms with van der Waals surface area (Å²) >= 11 is 1.59. The van der Waals surface area contributed by atoms with Gasteiger partial charge in [0.25, 0.3) is 0 Å². The van der Waals surface area contributed by atoms with Gasteiger partial charge in [-0.1, -0.05) is 18.1 Å². The molecule has 0 unspecified atom stereocenters. The van der Waals surface area contributed by atoms with E-state index in [-0.39, 0.29) is 5.91 Å². The topological polar surface area (TPSA) is 44.1 Å². The molecule has 0 atom stereocenters. The summed E-state index contributed by atoms with van der Waals surface area (Å²) in [6, 6.07) is 16.6. The van der Waals surface area contributed by atoms with Gasteiger partial charge in [-0.3, -0.25) is 4.79 Å². The molecule has 108 valence electrons. The van der Waals surface area contributed by atoms with Crippen LogP contribution >= 0.6 is 11.8 Å². The van der Waals surface area contributed by atoms with Crippen LogP contribution in [0, 0.1) is 23.2 Å². The average Bonchev–Trinajstić information content (AvgIpc) is 2.59. The number of nitrogens with zero attached hydrogens (tertiary/aromatic N) is 2. The molecule has 0 fully saturated rings. The molecule has 0 saturated heterocycles. The lowest BCUT2D eigenvalue weighted by Gasteiger charge is -2.17. The van der Waals surface area contributed by atoms with Crippen molar-refractivity contribution in [1.29, 1.82) is 5.26 Å². The van der Waals surface area contributed by atoms with Crippen molar-refractivity contribution in [2.24, 2.45) is 0 Å². The normalized spacial score (nSPS) is 9.32. The monoisotopic (exact) mass is 306 g/mol. The van der Waals surface area contributed by atoms with Crippen molar-refractivity contribution in [3.63, 3.8) is 0 Å². The summed E-state index contributed by atoms with van der Waals surface area (Å²) in [5.74, 6) is 5.18. The first-order chi connectivity index (χ1) is 10.7. The van der Waals surface area contributed by atoms with Crippen molar-refractivity contribution in [3.8, 4) is 17.9 Å². The van der Waals surface area contributed by atoms with Crippen LogP contribution in [0.25, 0.3) is 0 Å². The van der Waals surface area contributed by atoms with Gasteiger partial charge < -0.3 is 4.90 Å². The maximum Gasteiger partial charge on any atom is 0.303 e. The Kier molecular flexibility index (Phi) is 5.25. The van der Waals surface area contributed by atoms with Crippen LogP contribution in [-0.2, 0) is 4.79 Å². The number of para-hydroxylation sites is 1. The van der Waals surface area contributed by atoms with E-state index in [4.69, 9.17) is 5.26 Å². The molecule has 0 aliphatic carbocycles. The fourth-order valence-electron chi connectivity index (χ4n) is 1.85. The molecular weight excluding hydrogens is 292 g/mol. The molecule has 3 nitrogen and oxygen atoms in total. The zero-order valence-electron chi connectivity index (χ0n) is 12.3. The molecule has 22 heavy (non-hydrogen) atoms. The predicted octanol–water partition coefficient (Wildman–Crippen LogP) is 3.29. The van der Waals surface area contributed by atoms with Crippen LogP contribution in [-0.4, -0.2) is 19.2 Å². The first-order valence-electron chi connectivity index (χ1n) is 6.58. The zero-order valence-corrected chi connectivity index (χ0v) is 13.1. The molecule has 0 aliphatic rings. The number of carbonyl (C=O) groups excluding carboxylic acids is 1. The molecule has 0 bridgehead atoms. The van der Waals surface area contributed by atoms with Crippen molar-refractivity contribution in [2.45, 2.75) is 4.90 Å². The van der Waals surface area contributed by atoms with Crippen LogP contribution in [0.2, 0.25) is 0 Å². The smallest absolute Gasteiger partial charge is 0.303 e. The zero-order chi connectivity index (χ0) is 15.9. The lowest BCUT2D eigenvalue weighted by Crippen LogP contribution is -2.25. The number of benzene rings is 2. The minimum Gasteiger partial charge on any atom is -0.304 e. The quantitative estimate of drug-likeness (QED) is 0.631. The first-order valence-corrected chi connectivity index (χ1v) is 7.81. The molecule has 2 aromatic rings. The predicted molar refractivity (Wildman–Crippen MR) is 89.7 cm³/mol. The lowest BCUT2D eigenvalue weighted by atomic mass is 10.1. The molecule has 2 aromatic carbocycles. The van der Waals surface area contributed by atoms with Crippen molar-refractivity contribution in [1.82, 2.24) is 0 Å². The maximum atomic E-state index is 12.2. The Morgan fingerprint density at radius 3 is 2.36 bits per heavy atom. The number of nitriles is 1. The van der Waals surface area contributed by atoms with E-state index in [1.165, 1.54) is 0 Å². The summed E-state index contributed by atoms with van der Waals surface area (Å²) < 4.78 is 0. The molecule has 0 spiro atoms. The van der Waals surface area contributed by atoms with Gasteiger partial charge in [0.05, 0.1) is 17.3 Å². The molecule has 0 aliphatic heterocycles. The van der Waals surface area contributed by atoms with Gasteiger partial charge in [-0.05, 0) is 42.7 Å². The van der Waals surface area contributed by atoms with Gasteiger partial charge >= 0.3 is 5.91 Å². The van der Waals surface area contributed by atoms with Crippen molar-refractivity contribution in [2.75, 3.05) is 18.2 Å². The number of hydrogen-bond acceptors (Lipinski definition) is 3. The second kappa shape index (κ2) is 7.36. The minimum absolute atomic E-state index is 0.272. The fraction of sp³-hybridized carbons (Fsp3) is 0.111. The lowest BCUT2D eigenvalue weighted by molar-refractivity contribution is -0.113. The summed E-state index contributed by atoms with van der Waals surface area (Å²) in [4.78, 5) is 14.8. The van der Waals surface area contributed by atoms with Gasteiger partial charge in [0.15, 0.2) is 0 Å². The third-order valence-electron chi connectivity index (χ3n) is 3.08. The van der Waals surface area contributed by atoms with Crippen molar-refractivity contribution in [3.05, 3.63) is 59.7 Å². The van der Waals surface area contributed by atoms with E-state index in [1.54, 1.807) is 48.0 Å². The second-order valence-corrected chi connectivity index (χ2v) is 5.32. The number of amides is 1. The number of thioether (sulfide) groups is 1. The molecule has 0 saturated carbocycles. The number of rotatable bonds is 2. The van der Waals surface area contributed by atoms with Crippen LogP contribution in [0.15, 0.2) is 53.4 Å². The van der Waals surface area contributed by atoms with E-state index >= 15 is 0 Å². The Bertz CT molecular complexity index is 779. The molecule has 0 heterocycles. The second-order valence-electron chi connectivity index (χ2n) is 4.48. The Labute approximate surface area is 134 Å². The van der Waals surface area contributed by atoms with Crippen molar-refractivity contribution >= 4 is 23.4 Å². The fourth-order valence-corrected chi connectivity index (χ4v) is 2.48. The Hall–Kier alpha value is -2.69. The summed E-state index contributed by atoms with van der Waals surface area (Å²) in [7, 11) is 1.71. The highest BCUT2D eigenvalue weighted by Crippen LogP contribution is 2.27. The standard InChI is InChI=1S/C18H14N2OS/c1-20(16-5-3-4-6-17(16)22-2)18(21)12-11-14-7-9-15(13-19)10-8-14/h3-10H,1-2H3. The molecule has 0 N–H and O–H groups in total. The Morgan fingerprint density at radius 2 is 1.73 bits per heavy atom. The Balaban J connectivity index is 2.18. The summed E-state index contributed by atoms with van der Waals surface area (Å²) in [5, 5.41) is 8.75. The van der Waals surface area contributed by atoms with E-state index in [2.05, 4.69) is 11.8 Å². The SMILES string of the molecule is CSc1ccccc1N(C)C(=O)C#Cc1ccc(C#N)cc1. The van der Waals surface area contributed by atoms with E-state index in [1.807, 2.05) is 36.6 Å². The Morgan fingerprint density at radius 1 is 1.09 bits per heavy atom. The molecule has 2 rings (SSSR count). The molecule has 0 radical (unpaired) electrons. The minimum atomic E-state index is -0.272. The molecule has 4 heteroatoms. The van der Waals surface area contributed by atoms with Gasteiger partial charge in [0.1, 0.15) is 0 Å².